The van der Waals surface area contributed by atoms with E-state index in [1.54, 1.807) is 0 Å². The first-order valence-electron chi connectivity index (χ1n) is 5.28. The molecule has 0 unspecified atom stereocenters. The van der Waals surface area contributed by atoms with Gasteiger partial charge in [0.05, 0.1) is 0 Å². The first-order chi connectivity index (χ1) is 5.77. The van der Waals surface area contributed by atoms with Crippen LogP contribution in [0.2, 0.25) is 0 Å². The Hall–Kier alpha value is -0.330. The summed E-state index contributed by atoms with van der Waals surface area (Å²) in [6.07, 6.45) is 0. The maximum Gasteiger partial charge on any atom is 0.0442 e. The predicted molar refractivity (Wildman–Crippen MR) is 61.4 cm³/mol. The molecule has 0 aromatic carbocycles. The fourth-order valence-electron chi connectivity index (χ4n) is 0.694. The second-order valence-electron chi connectivity index (χ2n) is 5.26. The number of hydrogen-bond acceptors (Lipinski definition) is 1. The highest BCUT2D eigenvalue weighted by atomic mass is 14.8. The summed E-state index contributed by atoms with van der Waals surface area (Å²) in [4.78, 5) is 4.63. The van der Waals surface area contributed by atoms with Gasteiger partial charge in [0.15, 0.2) is 0 Å². The molecular formula is C12H25N. The van der Waals surface area contributed by atoms with Crippen LogP contribution in [-0.2, 0) is 0 Å². The van der Waals surface area contributed by atoms with Gasteiger partial charge in [-0.05, 0) is 24.2 Å². The van der Waals surface area contributed by atoms with Gasteiger partial charge < -0.3 is 0 Å². The van der Waals surface area contributed by atoms with Gasteiger partial charge in [-0.15, -0.1) is 0 Å². The number of rotatable bonds is 4. The van der Waals surface area contributed by atoms with Crippen LogP contribution in [0.4, 0.5) is 0 Å². The molecule has 0 heterocycles. The zero-order valence-corrected chi connectivity index (χ0v) is 10.3. The first-order valence-corrected chi connectivity index (χ1v) is 5.28. The number of hydrogen-bond donors (Lipinski definition) is 0. The zero-order valence-electron chi connectivity index (χ0n) is 10.3. The molecule has 0 aromatic heterocycles. The lowest BCUT2D eigenvalue weighted by Crippen LogP contribution is -2.23. The summed E-state index contributed by atoms with van der Waals surface area (Å²) in [5.74, 6) is 1.28. The predicted octanol–water partition coefficient (Wildman–Crippen LogP) is 3.79. The molecule has 78 valence electrons. The van der Waals surface area contributed by atoms with Crippen molar-refractivity contribution in [2.45, 2.75) is 48.5 Å². The van der Waals surface area contributed by atoms with Crippen LogP contribution in [0.5, 0.6) is 0 Å². The van der Waals surface area contributed by atoms with Crippen LogP contribution in [0.25, 0.3) is 0 Å². The molecule has 1 heteroatoms. The fourth-order valence-corrected chi connectivity index (χ4v) is 0.694. The minimum absolute atomic E-state index is 0.330. The molecule has 0 saturated carbocycles. The van der Waals surface area contributed by atoms with Gasteiger partial charge in [0, 0.05) is 12.3 Å². The average Bonchev–Trinajstić information content (AvgIpc) is 1.99. The largest absolute Gasteiger partial charge is 0.294 e. The monoisotopic (exact) mass is 183 g/mol. The van der Waals surface area contributed by atoms with Crippen molar-refractivity contribution in [3.8, 4) is 0 Å². The molecule has 0 spiro atoms. The standard InChI is InChI=1S/C12H25N/c1-9(2)11(5)13-8-12(6,7)10(3)4/h9-10H,8H2,1-7H3/b13-11+. The van der Waals surface area contributed by atoms with E-state index in [0.29, 0.717) is 17.3 Å². The summed E-state index contributed by atoms with van der Waals surface area (Å²) in [7, 11) is 0. The van der Waals surface area contributed by atoms with Gasteiger partial charge in [0.2, 0.25) is 0 Å². The average molecular weight is 183 g/mol. The van der Waals surface area contributed by atoms with Crippen molar-refractivity contribution in [3.05, 3.63) is 0 Å². The molecule has 0 bridgehead atoms. The van der Waals surface area contributed by atoms with Crippen LogP contribution in [0.1, 0.15) is 48.5 Å². The summed E-state index contributed by atoms with van der Waals surface area (Å²) >= 11 is 0. The lowest BCUT2D eigenvalue weighted by molar-refractivity contribution is 0.262. The Kier molecular flexibility index (Phi) is 4.66. The van der Waals surface area contributed by atoms with Crippen LogP contribution >= 0.6 is 0 Å². The number of aliphatic imine (C=N–C) groups is 1. The number of nitrogens with zero attached hydrogens (tertiary/aromatic N) is 1. The molecular weight excluding hydrogens is 158 g/mol. The van der Waals surface area contributed by atoms with Gasteiger partial charge in [0.1, 0.15) is 0 Å². The lowest BCUT2D eigenvalue weighted by Gasteiger charge is -2.27. The Morgan fingerprint density at radius 2 is 1.62 bits per heavy atom. The van der Waals surface area contributed by atoms with Crippen molar-refractivity contribution < 1.29 is 0 Å². The SMILES string of the molecule is C/C(=N\CC(C)(C)C(C)C)C(C)C. The Labute approximate surface area is 83.6 Å². The summed E-state index contributed by atoms with van der Waals surface area (Å²) < 4.78 is 0. The van der Waals surface area contributed by atoms with Gasteiger partial charge in [0.25, 0.3) is 0 Å². The first kappa shape index (κ1) is 12.7. The zero-order chi connectivity index (χ0) is 10.6. The molecule has 0 aliphatic rings. The summed E-state index contributed by atoms with van der Waals surface area (Å²) in [5.41, 5.74) is 1.60. The second kappa shape index (κ2) is 4.78. The molecule has 13 heavy (non-hydrogen) atoms. The highest BCUT2D eigenvalue weighted by molar-refractivity contribution is 5.83. The van der Waals surface area contributed by atoms with Gasteiger partial charge in [-0.2, -0.15) is 0 Å². The van der Waals surface area contributed by atoms with E-state index in [1.807, 2.05) is 0 Å². The quantitative estimate of drug-likeness (QED) is 0.588. The van der Waals surface area contributed by atoms with E-state index >= 15 is 0 Å². The highest BCUT2D eigenvalue weighted by Crippen LogP contribution is 2.26. The normalized spacial score (nSPS) is 14.4. The molecule has 0 aliphatic heterocycles. The maximum absolute atomic E-state index is 4.63. The van der Waals surface area contributed by atoms with Crippen LogP contribution in [0.15, 0.2) is 4.99 Å². The van der Waals surface area contributed by atoms with Gasteiger partial charge in [-0.25, -0.2) is 0 Å². The summed E-state index contributed by atoms with van der Waals surface area (Å²) in [6.45, 7) is 16.6. The summed E-state index contributed by atoms with van der Waals surface area (Å²) in [6, 6.07) is 0. The Bertz CT molecular complexity index is 176. The molecule has 0 saturated heterocycles. The van der Waals surface area contributed by atoms with E-state index in [-0.39, 0.29) is 0 Å². The molecule has 1 nitrogen and oxygen atoms in total. The van der Waals surface area contributed by atoms with Crippen molar-refractivity contribution in [1.29, 1.82) is 0 Å². The van der Waals surface area contributed by atoms with Crippen LogP contribution in [-0.4, -0.2) is 12.3 Å². The van der Waals surface area contributed by atoms with E-state index in [2.05, 4.69) is 53.5 Å². The van der Waals surface area contributed by atoms with E-state index in [1.165, 1.54) is 5.71 Å². The van der Waals surface area contributed by atoms with Crippen LogP contribution < -0.4 is 0 Å². The molecule has 0 N–H and O–H groups in total. The lowest BCUT2D eigenvalue weighted by atomic mass is 9.81. The van der Waals surface area contributed by atoms with Crippen LogP contribution in [0.3, 0.4) is 0 Å². The molecule has 0 fully saturated rings. The van der Waals surface area contributed by atoms with E-state index in [0.717, 1.165) is 6.54 Å². The van der Waals surface area contributed by atoms with Gasteiger partial charge >= 0.3 is 0 Å². The third-order valence-electron chi connectivity index (χ3n) is 3.13. The smallest absolute Gasteiger partial charge is 0.0442 e. The van der Waals surface area contributed by atoms with Crippen LogP contribution in [0, 0.1) is 17.3 Å². The third-order valence-corrected chi connectivity index (χ3v) is 3.13. The van der Waals surface area contributed by atoms with Crippen molar-refractivity contribution in [3.63, 3.8) is 0 Å². The second-order valence-corrected chi connectivity index (χ2v) is 5.26. The molecule has 0 atom stereocenters. The Balaban J connectivity index is 4.22. The molecule has 0 aromatic rings. The van der Waals surface area contributed by atoms with E-state index < -0.39 is 0 Å². The summed E-state index contributed by atoms with van der Waals surface area (Å²) in [5, 5.41) is 0. The minimum atomic E-state index is 0.330. The van der Waals surface area contributed by atoms with E-state index in [9.17, 15) is 0 Å². The van der Waals surface area contributed by atoms with Gasteiger partial charge in [-0.3, -0.25) is 4.99 Å². The topological polar surface area (TPSA) is 12.4 Å². The molecule has 0 amide bonds. The third kappa shape index (κ3) is 4.44. The molecule has 0 aliphatic carbocycles. The molecule has 0 rings (SSSR count). The Morgan fingerprint density at radius 3 is 1.92 bits per heavy atom. The van der Waals surface area contributed by atoms with Crippen molar-refractivity contribution in [2.75, 3.05) is 6.54 Å². The van der Waals surface area contributed by atoms with Crippen molar-refractivity contribution in [2.24, 2.45) is 22.2 Å². The van der Waals surface area contributed by atoms with Gasteiger partial charge in [-0.1, -0.05) is 41.5 Å². The molecule has 0 radical (unpaired) electrons. The maximum atomic E-state index is 4.63. The minimum Gasteiger partial charge on any atom is -0.294 e. The van der Waals surface area contributed by atoms with E-state index in [4.69, 9.17) is 0 Å². The fraction of sp³-hybridized carbons (Fsp3) is 0.917. The highest BCUT2D eigenvalue weighted by Gasteiger charge is 2.21. The Morgan fingerprint density at radius 1 is 1.15 bits per heavy atom. The van der Waals surface area contributed by atoms with Crippen molar-refractivity contribution in [1.82, 2.24) is 0 Å². The van der Waals surface area contributed by atoms with Crippen molar-refractivity contribution >= 4 is 5.71 Å².